The van der Waals surface area contributed by atoms with Crippen molar-refractivity contribution in [3.8, 4) is 0 Å². The lowest BCUT2D eigenvalue weighted by molar-refractivity contribution is 0.0976. The average molecular weight is 387 g/mol. The predicted octanol–water partition coefficient (Wildman–Crippen LogP) is 3.55. The number of aromatic nitrogens is 2. The number of nitrogens with one attached hydrogen (secondary N) is 1. The number of anilines is 1. The highest BCUT2D eigenvalue weighted by molar-refractivity contribution is 6.07. The van der Waals surface area contributed by atoms with E-state index in [9.17, 15) is 23.6 Å². The maximum atomic E-state index is 13.8. The Kier molecular flexibility index (Phi) is 5.39. The van der Waals surface area contributed by atoms with Crippen molar-refractivity contribution in [3.63, 3.8) is 0 Å². The zero-order valence-electron chi connectivity index (χ0n) is 15.4. The highest BCUT2D eigenvalue weighted by atomic mass is 19.1. The standard InChI is InChI=1S/C20H19F2N3O3/c1-11(2)24-18-14-4-3-9-23-19(14)25(28)20(27)17(18)16(26)8-6-12-5-7-13(21)10-15(12)22/h3-5,7,9-11,24,28H,6,8H2,1-2H3. The predicted molar refractivity (Wildman–Crippen MR) is 101 cm³/mol. The van der Waals surface area contributed by atoms with Gasteiger partial charge in [0, 0.05) is 30.1 Å². The quantitative estimate of drug-likeness (QED) is 0.499. The molecule has 0 amide bonds. The lowest BCUT2D eigenvalue weighted by atomic mass is 10.0. The van der Waals surface area contributed by atoms with Gasteiger partial charge in [-0.25, -0.2) is 13.8 Å². The lowest BCUT2D eigenvalue weighted by Crippen LogP contribution is -2.29. The molecule has 6 nitrogen and oxygen atoms in total. The molecule has 2 aromatic heterocycles. The van der Waals surface area contributed by atoms with Crippen LogP contribution in [0.3, 0.4) is 0 Å². The molecule has 0 radical (unpaired) electrons. The molecule has 2 N–H and O–H groups in total. The summed E-state index contributed by atoms with van der Waals surface area (Å²) in [5, 5.41) is 13.7. The van der Waals surface area contributed by atoms with E-state index < -0.39 is 23.0 Å². The normalized spacial score (nSPS) is 11.2. The summed E-state index contributed by atoms with van der Waals surface area (Å²) in [5.41, 5.74) is -0.659. The molecule has 0 aliphatic heterocycles. The second-order valence-electron chi connectivity index (χ2n) is 6.70. The molecule has 2 heterocycles. The zero-order valence-corrected chi connectivity index (χ0v) is 15.4. The fourth-order valence-electron chi connectivity index (χ4n) is 3.00. The zero-order chi connectivity index (χ0) is 20.4. The van der Waals surface area contributed by atoms with E-state index in [0.29, 0.717) is 10.1 Å². The number of aryl methyl sites for hydroxylation is 1. The summed E-state index contributed by atoms with van der Waals surface area (Å²) in [5.74, 6) is -2.03. The van der Waals surface area contributed by atoms with Crippen molar-refractivity contribution >= 4 is 22.5 Å². The minimum atomic E-state index is -0.904. The average Bonchev–Trinajstić information content (AvgIpc) is 2.65. The first-order valence-corrected chi connectivity index (χ1v) is 8.76. The van der Waals surface area contributed by atoms with Gasteiger partial charge in [0.15, 0.2) is 11.4 Å². The third-order valence-corrected chi connectivity index (χ3v) is 4.26. The van der Waals surface area contributed by atoms with E-state index in [2.05, 4.69) is 10.3 Å². The Balaban J connectivity index is 2.04. The number of halogens is 2. The molecule has 0 atom stereocenters. The maximum absolute atomic E-state index is 13.8. The van der Waals surface area contributed by atoms with Crippen molar-refractivity contribution in [2.24, 2.45) is 0 Å². The van der Waals surface area contributed by atoms with Gasteiger partial charge in [0.05, 0.1) is 5.69 Å². The van der Waals surface area contributed by atoms with Crippen LogP contribution in [0.25, 0.3) is 11.0 Å². The number of hydrogen-bond acceptors (Lipinski definition) is 5. The molecule has 1 aromatic carbocycles. The van der Waals surface area contributed by atoms with Gasteiger partial charge in [0.1, 0.15) is 17.2 Å². The molecule has 0 aliphatic carbocycles. The Labute approximate surface area is 159 Å². The van der Waals surface area contributed by atoms with Crippen LogP contribution in [0.2, 0.25) is 0 Å². The van der Waals surface area contributed by atoms with Crippen LogP contribution < -0.4 is 10.9 Å². The summed E-state index contributed by atoms with van der Waals surface area (Å²) in [6.07, 6.45) is 1.23. The molecule has 0 saturated heterocycles. The van der Waals surface area contributed by atoms with Crippen LogP contribution in [0.15, 0.2) is 41.3 Å². The molecular formula is C20H19F2N3O3. The van der Waals surface area contributed by atoms with E-state index in [0.717, 1.165) is 12.1 Å². The number of carbonyl (C=O) groups excluding carboxylic acids is 1. The molecule has 0 spiro atoms. The topological polar surface area (TPSA) is 84.2 Å². The monoisotopic (exact) mass is 387 g/mol. The molecule has 0 bridgehead atoms. The summed E-state index contributed by atoms with van der Waals surface area (Å²) < 4.78 is 27.2. The van der Waals surface area contributed by atoms with E-state index in [1.807, 2.05) is 13.8 Å². The largest absolute Gasteiger partial charge is 0.423 e. The molecule has 28 heavy (non-hydrogen) atoms. The van der Waals surface area contributed by atoms with Crippen LogP contribution in [-0.2, 0) is 6.42 Å². The van der Waals surface area contributed by atoms with Crippen molar-refractivity contribution in [1.29, 1.82) is 0 Å². The smallest absolute Gasteiger partial charge is 0.297 e. The summed E-state index contributed by atoms with van der Waals surface area (Å²) in [4.78, 5) is 29.5. The fraction of sp³-hybridized carbons (Fsp3) is 0.250. The van der Waals surface area contributed by atoms with Gasteiger partial charge >= 0.3 is 0 Å². The third kappa shape index (κ3) is 3.71. The number of ketones is 1. The Morgan fingerprint density at radius 1 is 1.29 bits per heavy atom. The van der Waals surface area contributed by atoms with Crippen LogP contribution in [0.1, 0.15) is 36.2 Å². The number of carbonyl (C=O) groups is 1. The Hall–Kier alpha value is -3.29. The fourth-order valence-corrected chi connectivity index (χ4v) is 3.00. The highest BCUT2D eigenvalue weighted by Gasteiger charge is 2.23. The molecule has 3 rings (SSSR count). The maximum Gasteiger partial charge on any atom is 0.297 e. The number of fused-ring (bicyclic) bond motifs is 1. The van der Waals surface area contributed by atoms with Gasteiger partial charge in [-0.2, -0.15) is 0 Å². The van der Waals surface area contributed by atoms with E-state index in [4.69, 9.17) is 0 Å². The number of hydrogen-bond donors (Lipinski definition) is 2. The second kappa shape index (κ2) is 7.75. The van der Waals surface area contributed by atoms with Crippen LogP contribution in [-0.4, -0.2) is 26.7 Å². The van der Waals surface area contributed by atoms with E-state index in [1.165, 1.54) is 12.3 Å². The first kappa shape index (κ1) is 19.5. The van der Waals surface area contributed by atoms with Crippen LogP contribution in [0, 0.1) is 11.6 Å². The lowest BCUT2D eigenvalue weighted by Gasteiger charge is -2.17. The van der Waals surface area contributed by atoms with Crippen LogP contribution in [0.5, 0.6) is 0 Å². The van der Waals surface area contributed by atoms with E-state index >= 15 is 0 Å². The number of rotatable bonds is 6. The molecule has 0 aliphatic rings. The Morgan fingerprint density at radius 3 is 2.71 bits per heavy atom. The highest BCUT2D eigenvalue weighted by Crippen LogP contribution is 2.26. The van der Waals surface area contributed by atoms with Gasteiger partial charge in [0.25, 0.3) is 5.56 Å². The van der Waals surface area contributed by atoms with Crippen LogP contribution in [0.4, 0.5) is 14.5 Å². The molecule has 146 valence electrons. The number of Topliss-reactive ketones (excluding diaryl/α,β-unsaturated/α-hetero) is 1. The first-order valence-electron chi connectivity index (χ1n) is 8.76. The first-order chi connectivity index (χ1) is 13.3. The minimum Gasteiger partial charge on any atom is -0.423 e. The van der Waals surface area contributed by atoms with Gasteiger partial charge in [-0.15, -0.1) is 4.73 Å². The molecule has 0 saturated carbocycles. The van der Waals surface area contributed by atoms with Gasteiger partial charge in [-0.3, -0.25) is 9.59 Å². The summed E-state index contributed by atoms with van der Waals surface area (Å²) in [6.45, 7) is 3.68. The molecule has 0 fully saturated rings. The molecule has 3 aromatic rings. The Morgan fingerprint density at radius 2 is 2.04 bits per heavy atom. The van der Waals surface area contributed by atoms with Gasteiger partial charge in [-0.05, 0) is 44.0 Å². The van der Waals surface area contributed by atoms with Gasteiger partial charge in [0.2, 0.25) is 0 Å². The second-order valence-corrected chi connectivity index (χ2v) is 6.70. The van der Waals surface area contributed by atoms with Crippen molar-refractivity contribution in [1.82, 2.24) is 9.71 Å². The Bertz CT molecular complexity index is 1110. The summed E-state index contributed by atoms with van der Waals surface area (Å²) in [6, 6.07) is 6.28. The van der Waals surface area contributed by atoms with Crippen molar-refractivity contribution in [2.75, 3.05) is 5.32 Å². The number of benzene rings is 1. The minimum absolute atomic E-state index is 0.0119. The van der Waals surface area contributed by atoms with E-state index in [1.54, 1.807) is 12.1 Å². The summed E-state index contributed by atoms with van der Waals surface area (Å²) in [7, 11) is 0. The molecular weight excluding hydrogens is 368 g/mol. The molecule has 0 unspecified atom stereocenters. The van der Waals surface area contributed by atoms with Crippen molar-refractivity contribution in [3.05, 3.63) is 69.6 Å². The summed E-state index contributed by atoms with van der Waals surface area (Å²) >= 11 is 0. The van der Waals surface area contributed by atoms with Gasteiger partial charge < -0.3 is 10.5 Å². The van der Waals surface area contributed by atoms with Gasteiger partial charge in [-0.1, -0.05) is 6.07 Å². The number of nitrogens with zero attached hydrogens (tertiary/aromatic N) is 2. The molecule has 8 heteroatoms. The number of pyridine rings is 2. The van der Waals surface area contributed by atoms with E-state index in [-0.39, 0.29) is 41.3 Å². The van der Waals surface area contributed by atoms with Crippen molar-refractivity contribution in [2.45, 2.75) is 32.7 Å². The third-order valence-electron chi connectivity index (χ3n) is 4.26. The van der Waals surface area contributed by atoms with Crippen molar-refractivity contribution < 1.29 is 18.8 Å². The SMILES string of the molecule is CC(C)Nc1c(C(=O)CCc2ccc(F)cc2F)c(=O)n(O)c2ncccc12. The van der Waals surface area contributed by atoms with Crippen LogP contribution >= 0.6 is 0 Å².